The van der Waals surface area contributed by atoms with Gasteiger partial charge in [0.25, 0.3) is 0 Å². The molecule has 4 unspecified atom stereocenters. The van der Waals surface area contributed by atoms with Crippen LogP contribution in [0.4, 0.5) is 0 Å². The van der Waals surface area contributed by atoms with E-state index in [1.165, 1.54) is 6.42 Å². The van der Waals surface area contributed by atoms with Crippen molar-refractivity contribution in [3.05, 3.63) is 11.6 Å². The van der Waals surface area contributed by atoms with Gasteiger partial charge in [-0.2, -0.15) is 0 Å². The van der Waals surface area contributed by atoms with Gasteiger partial charge in [-0.3, -0.25) is 9.59 Å². The number of ether oxygens (including phenoxy) is 2. The summed E-state index contributed by atoms with van der Waals surface area (Å²) in [6.45, 7) is 7.66. The quantitative estimate of drug-likeness (QED) is 0.254. The topological polar surface area (TPSA) is 72.8 Å². The molecule has 5 nitrogen and oxygen atoms in total. The SMILES string of the molecule is C#C[C@H](CCC(=O)O)C1CCC2[C@H]3C(=O)/C(=C/C)[C@@H]4C[C@H](OC5CCCCO5)CC[C@]4(C)C3CC[C@@]21C. The number of rotatable bonds is 6. The maximum atomic E-state index is 14.3. The number of carbonyl (C=O) groups is 2. The predicted molar refractivity (Wildman–Crippen MR) is 142 cm³/mol. The van der Waals surface area contributed by atoms with Crippen molar-refractivity contribution in [1.29, 1.82) is 0 Å². The molecule has 4 aliphatic carbocycles. The summed E-state index contributed by atoms with van der Waals surface area (Å²) >= 11 is 0. The molecule has 1 aliphatic heterocycles. The molecular weight excluding hydrogens is 464 g/mol. The van der Waals surface area contributed by atoms with E-state index in [0.29, 0.717) is 30.0 Å². The van der Waals surface area contributed by atoms with E-state index in [1.807, 2.05) is 6.92 Å². The molecule has 5 heteroatoms. The molecule has 5 rings (SSSR count). The van der Waals surface area contributed by atoms with Crippen LogP contribution in [-0.2, 0) is 19.1 Å². The Hall–Kier alpha value is -1.64. The number of fused-ring (bicyclic) bond motifs is 5. The maximum absolute atomic E-state index is 14.3. The van der Waals surface area contributed by atoms with Crippen molar-refractivity contribution in [2.75, 3.05) is 6.61 Å². The summed E-state index contributed by atoms with van der Waals surface area (Å²) < 4.78 is 12.3. The summed E-state index contributed by atoms with van der Waals surface area (Å²) in [6, 6.07) is 0. The highest BCUT2D eigenvalue weighted by Gasteiger charge is 2.64. The van der Waals surface area contributed by atoms with Gasteiger partial charge < -0.3 is 14.6 Å². The minimum Gasteiger partial charge on any atom is -0.481 e. The highest BCUT2D eigenvalue weighted by molar-refractivity contribution is 5.99. The largest absolute Gasteiger partial charge is 0.481 e. The van der Waals surface area contributed by atoms with E-state index in [-0.39, 0.29) is 47.4 Å². The fourth-order valence-electron chi connectivity index (χ4n) is 9.71. The number of carboxylic acids is 1. The number of terminal acetylenes is 1. The number of carbonyl (C=O) groups excluding carboxylic acids is 1. The summed E-state index contributed by atoms with van der Waals surface area (Å²) in [6.07, 6.45) is 19.3. The second-order valence-electron chi connectivity index (χ2n) is 13.2. The molecule has 0 aromatic carbocycles. The molecule has 37 heavy (non-hydrogen) atoms. The Bertz CT molecular complexity index is 957. The zero-order valence-corrected chi connectivity index (χ0v) is 23.0. The molecular formula is C32H46O5. The van der Waals surface area contributed by atoms with E-state index in [9.17, 15) is 14.7 Å². The molecule has 5 aliphatic rings. The molecule has 0 amide bonds. The van der Waals surface area contributed by atoms with E-state index < -0.39 is 5.97 Å². The van der Waals surface area contributed by atoms with Crippen molar-refractivity contribution in [1.82, 2.24) is 0 Å². The number of hydrogen-bond donors (Lipinski definition) is 1. The van der Waals surface area contributed by atoms with Crippen LogP contribution in [0.1, 0.15) is 97.8 Å². The van der Waals surface area contributed by atoms with Crippen LogP contribution in [0.3, 0.4) is 0 Å². The molecule has 0 bridgehead atoms. The van der Waals surface area contributed by atoms with Gasteiger partial charge in [0.15, 0.2) is 12.1 Å². The number of ketones is 1. The third-order valence-corrected chi connectivity index (χ3v) is 11.6. The summed E-state index contributed by atoms with van der Waals surface area (Å²) in [5.41, 5.74) is 1.16. The third-order valence-electron chi connectivity index (χ3n) is 11.6. The molecule has 1 N–H and O–H groups in total. The Labute approximate surface area is 223 Å². The van der Waals surface area contributed by atoms with Crippen molar-refractivity contribution in [2.45, 2.75) is 110 Å². The second-order valence-corrected chi connectivity index (χ2v) is 13.2. The van der Waals surface area contributed by atoms with E-state index in [0.717, 1.165) is 70.0 Å². The van der Waals surface area contributed by atoms with Gasteiger partial charge in [-0.1, -0.05) is 19.9 Å². The maximum Gasteiger partial charge on any atom is 0.303 e. The average molecular weight is 511 g/mol. The van der Waals surface area contributed by atoms with Crippen LogP contribution in [0.2, 0.25) is 0 Å². The lowest BCUT2D eigenvalue weighted by molar-refractivity contribution is -0.207. The number of Topliss-reactive ketones (excluding diaryl/α,β-unsaturated/α-hetero) is 1. The standard InChI is InChI=1S/C32H46O5/c1-5-20(10-13-27(33)34)23-11-12-24-29-25(15-17-31(23,24)3)32(4)16-14-21(37-28-9-7-8-18-36-28)19-26(32)22(6-2)30(29)35/h1,6,20-21,23-26,28-29H,7-19H2,2-4H3,(H,33,34)/b22-6+/t20-,21-,23?,24?,25?,26+,28?,29-,31-,32-/m1/s1. The first-order chi connectivity index (χ1) is 17.7. The number of carboxylic acid groups (broad SMARTS) is 1. The van der Waals surface area contributed by atoms with Gasteiger partial charge in [-0.25, -0.2) is 0 Å². The van der Waals surface area contributed by atoms with Gasteiger partial charge in [0.1, 0.15) is 0 Å². The molecule has 204 valence electrons. The predicted octanol–water partition coefficient (Wildman–Crippen LogP) is 6.41. The van der Waals surface area contributed by atoms with E-state index in [4.69, 9.17) is 15.9 Å². The minimum atomic E-state index is -0.780. The van der Waals surface area contributed by atoms with Gasteiger partial charge in [0.2, 0.25) is 0 Å². The second kappa shape index (κ2) is 10.5. The Morgan fingerprint density at radius 2 is 1.92 bits per heavy atom. The van der Waals surface area contributed by atoms with E-state index in [1.54, 1.807) is 0 Å². The Balaban J connectivity index is 1.37. The minimum absolute atomic E-state index is 0.00699. The number of allylic oxidation sites excluding steroid dienone is 2. The fraction of sp³-hybridized carbons (Fsp3) is 0.812. The number of hydrogen-bond acceptors (Lipinski definition) is 4. The highest BCUT2D eigenvalue weighted by Crippen LogP contribution is 2.68. The lowest BCUT2D eigenvalue weighted by Gasteiger charge is -2.61. The van der Waals surface area contributed by atoms with Gasteiger partial charge >= 0.3 is 5.97 Å². The van der Waals surface area contributed by atoms with Gasteiger partial charge in [0.05, 0.1) is 6.10 Å². The lowest BCUT2D eigenvalue weighted by Crippen LogP contribution is -2.58. The molecule has 10 atom stereocenters. The van der Waals surface area contributed by atoms with Gasteiger partial charge in [-0.15, -0.1) is 12.3 Å². The molecule has 1 heterocycles. The first-order valence-electron chi connectivity index (χ1n) is 14.9. The normalized spacial score (nSPS) is 45.4. The molecule has 4 saturated carbocycles. The highest BCUT2D eigenvalue weighted by atomic mass is 16.7. The summed E-state index contributed by atoms with van der Waals surface area (Å²) in [5.74, 6) is 3.90. The van der Waals surface area contributed by atoms with Crippen LogP contribution >= 0.6 is 0 Å². The molecule has 0 aromatic heterocycles. The van der Waals surface area contributed by atoms with Gasteiger partial charge in [0, 0.05) is 24.9 Å². The molecule has 1 saturated heterocycles. The van der Waals surface area contributed by atoms with Crippen LogP contribution in [0.25, 0.3) is 0 Å². The summed E-state index contributed by atoms with van der Waals surface area (Å²) in [7, 11) is 0. The molecule has 0 radical (unpaired) electrons. The van der Waals surface area contributed by atoms with E-state index >= 15 is 0 Å². The van der Waals surface area contributed by atoms with E-state index in [2.05, 4.69) is 25.8 Å². The fourth-order valence-corrected chi connectivity index (χ4v) is 9.71. The Morgan fingerprint density at radius 3 is 2.59 bits per heavy atom. The Kier molecular flexibility index (Phi) is 7.64. The van der Waals surface area contributed by atoms with Crippen LogP contribution in [0, 0.1) is 58.7 Å². The van der Waals surface area contributed by atoms with Crippen LogP contribution in [-0.4, -0.2) is 35.9 Å². The van der Waals surface area contributed by atoms with Crippen molar-refractivity contribution in [3.8, 4) is 12.3 Å². The molecule has 0 spiro atoms. The van der Waals surface area contributed by atoms with Gasteiger partial charge in [-0.05, 0) is 118 Å². The first-order valence-corrected chi connectivity index (χ1v) is 14.9. The monoisotopic (exact) mass is 510 g/mol. The average Bonchev–Trinajstić information content (AvgIpc) is 3.23. The van der Waals surface area contributed by atoms with Crippen molar-refractivity contribution in [2.24, 2.45) is 46.3 Å². The first kappa shape index (κ1) is 26.9. The molecule has 5 fully saturated rings. The van der Waals surface area contributed by atoms with Crippen LogP contribution in [0.5, 0.6) is 0 Å². The van der Waals surface area contributed by atoms with Crippen LogP contribution in [0.15, 0.2) is 11.6 Å². The third kappa shape index (κ3) is 4.61. The smallest absolute Gasteiger partial charge is 0.303 e. The molecule has 0 aromatic rings. The Morgan fingerprint density at radius 1 is 1.16 bits per heavy atom. The van der Waals surface area contributed by atoms with Crippen molar-refractivity contribution >= 4 is 11.8 Å². The summed E-state index contributed by atoms with van der Waals surface area (Å²) in [4.78, 5) is 25.5. The summed E-state index contributed by atoms with van der Waals surface area (Å²) in [5, 5.41) is 9.26. The number of aliphatic carboxylic acids is 1. The van der Waals surface area contributed by atoms with Crippen LogP contribution < -0.4 is 0 Å². The van der Waals surface area contributed by atoms with Crippen molar-refractivity contribution < 1.29 is 24.2 Å². The lowest BCUT2D eigenvalue weighted by atomic mass is 9.43. The zero-order valence-electron chi connectivity index (χ0n) is 23.0. The van der Waals surface area contributed by atoms with Crippen molar-refractivity contribution in [3.63, 3.8) is 0 Å². The zero-order chi connectivity index (χ0) is 26.4.